The first-order valence-electron chi connectivity index (χ1n) is 8.64. The van der Waals surface area contributed by atoms with Gasteiger partial charge in [-0.2, -0.15) is 28.7 Å². The maximum Gasteiger partial charge on any atom is 0.416 e. The summed E-state index contributed by atoms with van der Waals surface area (Å²) in [7, 11) is 0. The molecule has 0 aliphatic carbocycles. The number of nitriles is 1. The van der Waals surface area contributed by atoms with Crippen LogP contribution in [0.25, 0.3) is 11.4 Å². The average molecular weight is 404 g/mol. The smallest absolute Gasteiger partial charge is 0.371 e. The van der Waals surface area contributed by atoms with Crippen LogP contribution in [-0.2, 0) is 6.18 Å². The van der Waals surface area contributed by atoms with Gasteiger partial charge < -0.3 is 4.90 Å². The van der Waals surface area contributed by atoms with E-state index in [1.54, 1.807) is 0 Å². The van der Waals surface area contributed by atoms with Crippen molar-refractivity contribution < 1.29 is 13.2 Å². The highest BCUT2D eigenvalue weighted by Gasteiger charge is 2.30. The van der Waals surface area contributed by atoms with Crippen molar-refractivity contribution in [2.75, 3.05) is 18.0 Å². The summed E-state index contributed by atoms with van der Waals surface area (Å²) in [6, 6.07) is 7.28. The van der Waals surface area contributed by atoms with E-state index in [0.29, 0.717) is 11.4 Å². The van der Waals surface area contributed by atoms with Crippen LogP contribution < -0.4 is 4.90 Å². The fourth-order valence-corrected chi connectivity index (χ4v) is 4.29. The van der Waals surface area contributed by atoms with Gasteiger partial charge in [-0.1, -0.05) is 0 Å². The number of halogens is 3. The van der Waals surface area contributed by atoms with Gasteiger partial charge in [0.2, 0.25) is 0 Å². The fourth-order valence-electron chi connectivity index (χ4n) is 3.32. The summed E-state index contributed by atoms with van der Waals surface area (Å²) < 4.78 is 38.1. The number of aromatic nitrogens is 4. The van der Waals surface area contributed by atoms with E-state index in [-0.39, 0.29) is 11.6 Å². The molecule has 0 saturated carbocycles. The first kappa shape index (κ1) is 18.4. The third kappa shape index (κ3) is 3.57. The van der Waals surface area contributed by atoms with E-state index >= 15 is 0 Å². The molecule has 1 saturated heterocycles. The lowest BCUT2D eigenvalue weighted by Gasteiger charge is -2.33. The summed E-state index contributed by atoms with van der Waals surface area (Å²) in [4.78, 5) is 6.72. The molecule has 1 fully saturated rings. The highest BCUT2D eigenvalue weighted by molar-refractivity contribution is 7.10. The van der Waals surface area contributed by atoms with Crippen LogP contribution in [0.4, 0.5) is 18.9 Å². The van der Waals surface area contributed by atoms with Crippen LogP contribution in [-0.4, -0.2) is 33.5 Å². The number of thiazole rings is 1. The summed E-state index contributed by atoms with van der Waals surface area (Å²) in [6.45, 7) is 1.50. The van der Waals surface area contributed by atoms with Crippen molar-refractivity contribution in [1.82, 2.24) is 20.4 Å². The molecule has 4 rings (SSSR count). The lowest BCUT2D eigenvalue weighted by Crippen LogP contribution is -2.32. The van der Waals surface area contributed by atoms with Crippen LogP contribution in [0.1, 0.15) is 35.0 Å². The van der Waals surface area contributed by atoms with Crippen molar-refractivity contribution in [1.29, 1.82) is 5.26 Å². The van der Waals surface area contributed by atoms with Crippen molar-refractivity contribution in [3.05, 3.63) is 45.9 Å². The molecule has 0 bridgehead atoms. The third-order valence-electron chi connectivity index (χ3n) is 4.82. The van der Waals surface area contributed by atoms with Gasteiger partial charge in [0.1, 0.15) is 17.5 Å². The topological polar surface area (TPSA) is 81.5 Å². The molecule has 0 unspecified atom stereocenters. The number of hydrogen-bond donors (Lipinski definition) is 1. The molecule has 0 amide bonds. The molecule has 1 aliphatic heterocycles. The van der Waals surface area contributed by atoms with Gasteiger partial charge in [0.05, 0.1) is 10.6 Å². The Morgan fingerprint density at radius 1 is 1.14 bits per heavy atom. The van der Waals surface area contributed by atoms with Gasteiger partial charge in [0.25, 0.3) is 0 Å². The van der Waals surface area contributed by atoms with Crippen molar-refractivity contribution >= 4 is 17.0 Å². The third-order valence-corrected chi connectivity index (χ3v) is 5.83. The minimum atomic E-state index is -4.32. The standard InChI is InChI=1S/C18H15F3N6S/c19-18(20,21)12-1-3-13(4-2-12)27-7-5-11(6-8-27)17-23-15(10-28-17)16-14(9-22)24-26-25-16/h1-4,10-11H,5-8H2,(H,24,25,26). The zero-order valence-corrected chi connectivity index (χ0v) is 15.4. The van der Waals surface area contributed by atoms with Crippen molar-refractivity contribution in [3.8, 4) is 17.5 Å². The zero-order valence-electron chi connectivity index (χ0n) is 14.6. The molecule has 144 valence electrons. The summed E-state index contributed by atoms with van der Waals surface area (Å²) in [5, 5.41) is 22.1. The van der Waals surface area contributed by atoms with Crippen molar-refractivity contribution in [2.24, 2.45) is 0 Å². The van der Waals surface area contributed by atoms with Crippen LogP contribution in [0.5, 0.6) is 0 Å². The zero-order chi connectivity index (χ0) is 19.7. The van der Waals surface area contributed by atoms with Crippen LogP contribution in [0, 0.1) is 11.3 Å². The fraction of sp³-hybridized carbons (Fsp3) is 0.333. The Bertz CT molecular complexity index is 993. The van der Waals surface area contributed by atoms with E-state index in [4.69, 9.17) is 5.26 Å². The number of piperidine rings is 1. The molecule has 10 heteroatoms. The molecule has 0 spiro atoms. The molecule has 1 N–H and O–H groups in total. The van der Waals surface area contributed by atoms with Crippen LogP contribution >= 0.6 is 11.3 Å². The minimum absolute atomic E-state index is 0.217. The van der Waals surface area contributed by atoms with Gasteiger partial charge >= 0.3 is 6.18 Å². The molecule has 6 nitrogen and oxygen atoms in total. The Morgan fingerprint density at radius 2 is 1.86 bits per heavy atom. The van der Waals surface area contributed by atoms with E-state index in [2.05, 4.69) is 25.3 Å². The number of benzene rings is 1. The number of anilines is 1. The predicted molar refractivity (Wildman–Crippen MR) is 97.8 cm³/mol. The lowest BCUT2D eigenvalue weighted by molar-refractivity contribution is -0.137. The number of nitrogens with one attached hydrogen (secondary N) is 1. The van der Waals surface area contributed by atoms with E-state index in [9.17, 15) is 13.2 Å². The second-order valence-electron chi connectivity index (χ2n) is 6.51. The van der Waals surface area contributed by atoms with Gasteiger partial charge in [-0.25, -0.2) is 4.98 Å². The molecule has 0 atom stereocenters. The number of nitrogens with zero attached hydrogens (tertiary/aromatic N) is 5. The van der Waals surface area contributed by atoms with E-state index in [1.807, 2.05) is 11.4 Å². The number of aromatic amines is 1. The molecule has 3 heterocycles. The normalized spacial score (nSPS) is 15.6. The van der Waals surface area contributed by atoms with Gasteiger partial charge in [-0.3, -0.25) is 0 Å². The lowest BCUT2D eigenvalue weighted by atomic mass is 9.97. The molecular weight excluding hydrogens is 389 g/mol. The number of rotatable bonds is 3. The van der Waals surface area contributed by atoms with E-state index in [1.165, 1.54) is 23.5 Å². The van der Waals surface area contributed by atoms with Crippen LogP contribution in [0.2, 0.25) is 0 Å². The van der Waals surface area contributed by atoms with E-state index < -0.39 is 11.7 Å². The summed E-state index contributed by atoms with van der Waals surface area (Å²) in [6.07, 6.45) is -2.60. The second kappa shape index (κ2) is 7.24. The quantitative estimate of drug-likeness (QED) is 0.707. The van der Waals surface area contributed by atoms with E-state index in [0.717, 1.165) is 48.8 Å². The number of alkyl halides is 3. The second-order valence-corrected chi connectivity index (χ2v) is 7.40. The maximum absolute atomic E-state index is 12.7. The van der Waals surface area contributed by atoms with Crippen LogP contribution in [0.15, 0.2) is 29.6 Å². The Labute approximate surface area is 162 Å². The largest absolute Gasteiger partial charge is 0.416 e. The Kier molecular flexibility index (Phi) is 4.77. The highest BCUT2D eigenvalue weighted by atomic mass is 32.1. The summed E-state index contributed by atoms with van der Waals surface area (Å²) in [5.41, 5.74) is 1.47. The van der Waals surface area contributed by atoms with Gasteiger partial charge in [0.15, 0.2) is 5.69 Å². The molecule has 3 aromatic rings. The van der Waals surface area contributed by atoms with Gasteiger partial charge in [-0.15, -0.1) is 16.4 Å². The molecule has 2 aromatic heterocycles. The monoisotopic (exact) mass is 404 g/mol. The SMILES string of the molecule is N#Cc1n[nH]nc1-c1csc(C2CCN(c3ccc(C(F)(F)F)cc3)CC2)n1. The summed E-state index contributed by atoms with van der Waals surface area (Å²) >= 11 is 1.53. The average Bonchev–Trinajstić information content (AvgIpc) is 3.36. The minimum Gasteiger partial charge on any atom is -0.371 e. The molecule has 1 aromatic carbocycles. The Hall–Kier alpha value is -2.93. The summed E-state index contributed by atoms with van der Waals surface area (Å²) in [5.74, 6) is 0.280. The van der Waals surface area contributed by atoms with Gasteiger partial charge in [-0.05, 0) is 37.1 Å². The molecule has 0 radical (unpaired) electrons. The Morgan fingerprint density at radius 3 is 2.50 bits per heavy atom. The first-order valence-corrected chi connectivity index (χ1v) is 9.52. The van der Waals surface area contributed by atoms with Crippen LogP contribution in [0.3, 0.4) is 0 Å². The Balaban J connectivity index is 1.42. The van der Waals surface area contributed by atoms with Gasteiger partial charge in [0, 0.05) is 30.1 Å². The van der Waals surface area contributed by atoms with Crippen molar-refractivity contribution in [2.45, 2.75) is 24.9 Å². The first-order chi connectivity index (χ1) is 13.5. The molecular formula is C18H15F3N6S. The number of hydrogen-bond acceptors (Lipinski definition) is 6. The predicted octanol–water partition coefficient (Wildman–Crippen LogP) is 4.20. The maximum atomic E-state index is 12.7. The number of H-pyrrole nitrogens is 1. The van der Waals surface area contributed by atoms with Crippen molar-refractivity contribution in [3.63, 3.8) is 0 Å². The highest BCUT2D eigenvalue weighted by Crippen LogP contribution is 2.35. The molecule has 28 heavy (non-hydrogen) atoms. The molecule has 1 aliphatic rings.